The molecule has 3 aromatic rings. The molecule has 38 heavy (non-hydrogen) atoms. The molecule has 8 nitrogen and oxygen atoms in total. The summed E-state index contributed by atoms with van der Waals surface area (Å²) in [5.74, 6) is 1.28. The van der Waals surface area contributed by atoms with Gasteiger partial charge in [0.1, 0.15) is 18.2 Å². The molecule has 1 saturated heterocycles. The van der Waals surface area contributed by atoms with E-state index in [2.05, 4.69) is 15.3 Å². The largest absolute Gasteiger partial charge is 0.493 e. The molecule has 2 fully saturated rings. The number of anilines is 2. The number of nitrogens with one attached hydrogen (secondary N) is 1. The van der Waals surface area contributed by atoms with Crippen molar-refractivity contribution in [2.24, 2.45) is 11.8 Å². The number of carbonyl (C=O) groups is 1. The Labute approximate surface area is 230 Å². The van der Waals surface area contributed by atoms with E-state index in [0.717, 1.165) is 13.0 Å². The van der Waals surface area contributed by atoms with Crippen molar-refractivity contribution in [3.05, 3.63) is 58.6 Å². The van der Waals surface area contributed by atoms with E-state index in [1.54, 1.807) is 25.3 Å². The summed E-state index contributed by atoms with van der Waals surface area (Å²) >= 11 is 11.9. The molecule has 2 heterocycles. The van der Waals surface area contributed by atoms with Crippen LogP contribution in [0, 0.1) is 17.7 Å². The van der Waals surface area contributed by atoms with Crippen LogP contribution in [0.1, 0.15) is 6.42 Å². The van der Waals surface area contributed by atoms with Crippen molar-refractivity contribution in [1.29, 1.82) is 0 Å². The van der Waals surface area contributed by atoms with Crippen molar-refractivity contribution in [1.82, 2.24) is 19.8 Å². The summed E-state index contributed by atoms with van der Waals surface area (Å²) in [5, 5.41) is 3.57. The summed E-state index contributed by atoms with van der Waals surface area (Å²) in [5.41, 5.74) is 0.734. The fourth-order valence-corrected chi connectivity index (χ4v) is 5.31. The van der Waals surface area contributed by atoms with Gasteiger partial charge in [0.05, 0.1) is 28.4 Å². The number of carbonyl (C=O) groups excluding carboxylic acids is 1. The zero-order valence-electron chi connectivity index (χ0n) is 21.2. The van der Waals surface area contributed by atoms with Gasteiger partial charge in [-0.1, -0.05) is 29.3 Å². The number of nitrogens with zero attached hydrogens (tertiary/aromatic N) is 4. The Hall–Kier alpha value is -3.14. The molecule has 1 saturated carbocycles. The van der Waals surface area contributed by atoms with Gasteiger partial charge in [0.2, 0.25) is 5.91 Å². The number of hydrogen-bond acceptors (Lipinski definition) is 7. The van der Waals surface area contributed by atoms with E-state index in [0.29, 0.717) is 41.3 Å². The third-order valence-electron chi connectivity index (χ3n) is 6.96. The number of ether oxygens (including phenoxy) is 2. The van der Waals surface area contributed by atoms with Crippen molar-refractivity contribution in [2.75, 3.05) is 46.2 Å². The Morgan fingerprint density at radius 3 is 2.68 bits per heavy atom. The number of hydrogen-bond donors (Lipinski definition) is 1. The van der Waals surface area contributed by atoms with Gasteiger partial charge in [0, 0.05) is 49.0 Å². The van der Waals surface area contributed by atoms with E-state index in [4.69, 9.17) is 32.7 Å². The van der Waals surface area contributed by atoms with Crippen molar-refractivity contribution in [3.8, 4) is 11.5 Å². The summed E-state index contributed by atoms with van der Waals surface area (Å²) in [6, 6.07) is 6.57. The number of benzene rings is 2. The highest BCUT2D eigenvalue weighted by Gasteiger charge is 2.49. The Balaban J connectivity index is 1.36. The zero-order chi connectivity index (χ0) is 27.0. The maximum Gasteiger partial charge on any atom is 0.246 e. The molecule has 2 aromatic carbocycles. The Bertz CT molecular complexity index is 1390. The number of fused-ring (bicyclic) bond motifs is 3. The first-order valence-electron chi connectivity index (χ1n) is 12.2. The van der Waals surface area contributed by atoms with E-state index >= 15 is 0 Å². The fourth-order valence-electron chi connectivity index (χ4n) is 5.00. The topological polar surface area (TPSA) is 79.8 Å². The van der Waals surface area contributed by atoms with Gasteiger partial charge in [0.25, 0.3) is 0 Å². The molecule has 0 radical (unpaired) electrons. The third kappa shape index (κ3) is 5.23. The Morgan fingerprint density at radius 2 is 1.97 bits per heavy atom. The van der Waals surface area contributed by atoms with Crippen LogP contribution >= 0.6 is 23.2 Å². The third-order valence-corrected chi connectivity index (χ3v) is 7.74. The van der Waals surface area contributed by atoms with E-state index in [9.17, 15) is 9.18 Å². The molecule has 11 heteroatoms. The highest BCUT2D eigenvalue weighted by Crippen LogP contribution is 2.45. The minimum absolute atomic E-state index is 0.0330. The minimum atomic E-state index is -0.672. The van der Waals surface area contributed by atoms with Crippen LogP contribution in [-0.2, 0) is 4.79 Å². The SMILES string of the molecule is COc1cc2ncnc(Nc3ccc(Cl)c(Cl)c3F)c2cc1OC1C2CC1CN(C(=O)/C=C/CN(C)C)C2. The summed E-state index contributed by atoms with van der Waals surface area (Å²) in [6.07, 6.45) is 5.89. The van der Waals surface area contributed by atoms with Crippen molar-refractivity contribution >= 4 is 51.5 Å². The van der Waals surface area contributed by atoms with Crippen LogP contribution in [0.15, 0.2) is 42.7 Å². The van der Waals surface area contributed by atoms with Gasteiger partial charge >= 0.3 is 0 Å². The number of likely N-dealkylation sites (tertiary alicyclic amines) is 1. The lowest BCUT2D eigenvalue weighted by atomic mass is 9.68. The predicted octanol–water partition coefficient (Wildman–Crippen LogP) is 5.17. The molecule has 2 aliphatic rings. The number of piperidine rings is 2. The monoisotopic (exact) mass is 559 g/mol. The van der Waals surface area contributed by atoms with Gasteiger partial charge in [-0.25, -0.2) is 14.4 Å². The van der Waals surface area contributed by atoms with Gasteiger partial charge in [-0.15, -0.1) is 0 Å². The van der Waals surface area contributed by atoms with Crippen LogP contribution in [0.4, 0.5) is 15.9 Å². The zero-order valence-corrected chi connectivity index (χ0v) is 22.8. The van der Waals surface area contributed by atoms with E-state index in [1.807, 2.05) is 30.0 Å². The van der Waals surface area contributed by atoms with Crippen LogP contribution in [0.5, 0.6) is 11.5 Å². The van der Waals surface area contributed by atoms with Gasteiger partial charge < -0.3 is 24.6 Å². The minimum Gasteiger partial charge on any atom is -0.493 e. The smallest absolute Gasteiger partial charge is 0.246 e. The first-order chi connectivity index (χ1) is 18.2. The molecule has 200 valence electrons. The molecule has 2 unspecified atom stereocenters. The van der Waals surface area contributed by atoms with E-state index < -0.39 is 5.82 Å². The van der Waals surface area contributed by atoms with Crippen LogP contribution in [0.3, 0.4) is 0 Å². The van der Waals surface area contributed by atoms with Gasteiger partial charge in [-0.3, -0.25) is 4.79 Å². The summed E-state index contributed by atoms with van der Waals surface area (Å²) in [7, 11) is 5.50. The quantitative estimate of drug-likeness (QED) is 0.301. The normalized spacial score (nSPS) is 20.6. The van der Waals surface area contributed by atoms with Crippen LogP contribution in [0.25, 0.3) is 10.9 Å². The number of aromatic nitrogens is 2. The van der Waals surface area contributed by atoms with Crippen LogP contribution in [-0.4, -0.2) is 72.6 Å². The fraction of sp³-hybridized carbons (Fsp3) is 0.370. The maximum atomic E-state index is 14.7. The molecule has 5 rings (SSSR count). The molecular weight excluding hydrogens is 532 g/mol. The van der Waals surface area contributed by atoms with E-state index in [1.165, 1.54) is 18.5 Å². The highest BCUT2D eigenvalue weighted by atomic mass is 35.5. The number of methoxy groups -OCH3 is 1. The summed E-state index contributed by atoms with van der Waals surface area (Å²) in [6.45, 7) is 2.02. The number of rotatable bonds is 8. The van der Waals surface area contributed by atoms with Gasteiger partial charge in [-0.2, -0.15) is 0 Å². The first-order valence-corrected chi connectivity index (χ1v) is 13.0. The second-order valence-electron chi connectivity index (χ2n) is 9.84. The standard InChI is InChI=1S/C27H28Cl2FN5O3/c1-34(2)8-4-5-23(36)35-12-15-9-16(13-35)26(15)38-22-10-17-20(11-21(22)37-3)31-14-32-27(17)33-19-7-6-18(28)24(29)25(19)30/h4-7,10-11,14-16,26H,8-9,12-13H2,1-3H3,(H,31,32,33)/b5-4+. The number of likely N-dealkylation sites (N-methyl/N-ethyl adjacent to an activating group) is 1. The Kier molecular flexibility index (Phi) is 7.61. The van der Waals surface area contributed by atoms with Gasteiger partial charge in [-0.05, 0) is 38.7 Å². The Morgan fingerprint density at radius 1 is 1.21 bits per heavy atom. The summed E-state index contributed by atoms with van der Waals surface area (Å²) < 4.78 is 26.8. The van der Waals surface area contributed by atoms with E-state index in [-0.39, 0.29) is 39.6 Å². The van der Waals surface area contributed by atoms with Crippen molar-refractivity contribution < 1.29 is 18.7 Å². The molecule has 1 amide bonds. The van der Waals surface area contributed by atoms with Crippen molar-refractivity contribution in [2.45, 2.75) is 12.5 Å². The highest BCUT2D eigenvalue weighted by molar-refractivity contribution is 6.42. The van der Waals surface area contributed by atoms with Crippen LogP contribution < -0.4 is 14.8 Å². The lowest BCUT2D eigenvalue weighted by molar-refractivity contribution is -0.142. The van der Waals surface area contributed by atoms with Crippen LogP contribution in [0.2, 0.25) is 10.0 Å². The average molecular weight is 560 g/mol. The second-order valence-corrected chi connectivity index (χ2v) is 10.6. The van der Waals surface area contributed by atoms with Gasteiger partial charge in [0.15, 0.2) is 17.3 Å². The summed E-state index contributed by atoms with van der Waals surface area (Å²) in [4.78, 5) is 25.2. The molecule has 1 aliphatic carbocycles. The molecule has 1 N–H and O–H groups in total. The average Bonchev–Trinajstić information content (AvgIpc) is 2.91. The number of halogens is 3. The molecule has 1 aliphatic heterocycles. The lowest BCUT2D eigenvalue weighted by Gasteiger charge is -2.52. The molecule has 0 spiro atoms. The van der Waals surface area contributed by atoms with Crippen molar-refractivity contribution in [3.63, 3.8) is 0 Å². The molecular formula is C27H28Cl2FN5O3. The maximum absolute atomic E-state index is 14.7. The number of amides is 1. The lowest BCUT2D eigenvalue weighted by Crippen LogP contribution is -2.61. The predicted molar refractivity (Wildman–Crippen MR) is 146 cm³/mol. The molecule has 2 atom stereocenters. The molecule has 2 bridgehead atoms. The first kappa shape index (κ1) is 26.5. The second kappa shape index (κ2) is 10.9. The molecule has 1 aromatic heterocycles.